The molecule has 3 aliphatic heterocycles. The minimum atomic E-state index is -4.89. The Labute approximate surface area is 413 Å². The minimum Gasteiger partial charge on any atom is -0.279 e. The molecule has 6 aromatic carbocycles. The topological polar surface area (TPSA) is 87.1 Å². The Bertz CT molecular complexity index is 2820. The molecule has 6 aromatic rings. The van der Waals surface area contributed by atoms with Crippen molar-refractivity contribution in [3.8, 4) is 0 Å². The van der Waals surface area contributed by atoms with Gasteiger partial charge in [-0.05, 0) is 146 Å². The molecule has 0 amide bonds. The predicted octanol–water partition coefficient (Wildman–Crippen LogP) is 15.1. The fraction of sp³-hybridized carbons (Fsp3) is 0.125. The highest BCUT2D eigenvalue weighted by Crippen LogP contribution is 2.41. The normalized spacial score (nSPS) is 15.2. The maximum atomic E-state index is 13.8. The zero-order chi connectivity index (χ0) is 54.9. The molecule has 0 saturated heterocycles. The van der Waals surface area contributed by atoms with Gasteiger partial charge in [-0.1, -0.05) is 0 Å². The van der Waals surface area contributed by atoms with E-state index in [1.165, 1.54) is 0 Å². The highest BCUT2D eigenvalue weighted by molar-refractivity contribution is 6.34. The van der Waals surface area contributed by atoms with Gasteiger partial charge in [-0.2, -0.15) is 109 Å². The third-order valence-corrected chi connectivity index (χ3v) is 11.1. The Morgan fingerprint density at radius 3 is 0.500 bits per heavy atom. The van der Waals surface area contributed by atoms with Crippen LogP contribution in [0.5, 0.6) is 0 Å². The maximum Gasteiger partial charge on any atom is 0.416 e. The van der Waals surface area contributed by atoms with E-state index in [4.69, 9.17) is 0 Å². The summed E-state index contributed by atoms with van der Waals surface area (Å²) in [5, 5.41) is 0. The van der Waals surface area contributed by atoms with Crippen LogP contribution in [-0.4, -0.2) is 40.7 Å². The molecule has 3 aliphatic rings. The number of alkyl halides is 18. The Hall–Kier alpha value is -8.72. The molecule has 9 rings (SSSR count). The van der Waals surface area contributed by atoms with Crippen molar-refractivity contribution in [2.24, 2.45) is 30.0 Å². The molecule has 0 radical (unpaired) electrons. The second-order valence-corrected chi connectivity index (χ2v) is 16.1. The standard InChI is InChI=1S/C48H24F18N10/c49-43(50,51)25-1-13-31(14-2-25)73(32-15-3-26(4-16-32)44(52,53)54)37-67-40-69-38(74(33-17-5-27(6-18-33)45(55,56)57)34-19-7-28(8-20-34)46(58,59)60)71-42-72-39(70-41(68-37)76(40)42)75(35-21-9-29(10-22-35)47(61,62)63)36-23-11-30(12-24-36)48(64,65)66/h1-24H. The highest BCUT2D eigenvalue weighted by Gasteiger charge is 2.42. The summed E-state index contributed by atoms with van der Waals surface area (Å²) in [6.45, 7) is 0. The van der Waals surface area contributed by atoms with E-state index in [2.05, 4.69) is 30.0 Å². The van der Waals surface area contributed by atoms with E-state index in [9.17, 15) is 79.0 Å². The summed E-state index contributed by atoms with van der Waals surface area (Å²) in [6.07, 6.45) is -29.4. The summed E-state index contributed by atoms with van der Waals surface area (Å²) in [5.74, 6) is -3.89. The van der Waals surface area contributed by atoms with Gasteiger partial charge >= 0.3 is 37.1 Å². The molecule has 0 aromatic heterocycles. The van der Waals surface area contributed by atoms with Crippen LogP contribution in [0.2, 0.25) is 0 Å². The molecule has 0 aliphatic carbocycles. The van der Waals surface area contributed by atoms with Gasteiger partial charge < -0.3 is 0 Å². The van der Waals surface area contributed by atoms with Crippen LogP contribution in [0.4, 0.5) is 113 Å². The first-order valence-electron chi connectivity index (χ1n) is 21.2. The van der Waals surface area contributed by atoms with Crippen molar-refractivity contribution in [2.75, 3.05) is 14.7 Å². The van der Waals surface area contributed by atoms with Crippen LogP contribution in [0.3, 0.4) is 0 Å². The van der Waals surface area contributed by atoms with Crippen LogP contribution < -0.4 is 14.7 Å². The van der Waals surface area contributed by atoms with E-state index in [0.29, 0.717) is 72.8 Å². The van der Waals surface area contributed by atoms with E-state index in [0.717, 1.165) is 92.4 Å². The van der Waals surface area contributed by atoms with Crippen molar-refractivity contribution in [2.45, 2.75) is 37.1 Å². The first kappa shape index (κ1) is 52.2. The van der Waals surface area contributed by atoms with Gasteiger partial charge in [0.1, 0.15) is 0 Å². The average molecular weight is 1080 g/mol. The van der Waals surface area contributed by atoms with Gasteiger partial charge in [0, 0.05) is 34.1 Å². The van der Waals surface area contributed by atoms with Crippen molar-refractivity contribution in [3.63, 3.8) is 0 Å². The summed E-state index contributed by atoms with van der Waals surface area (Å²) in [6, 6.07) is 18.0. The minimum absolute atomic E-state index is 0.254. The van der Waals surface area contributed by atoms with E-state index < -0.39 is 106 Å². The van der Waals surface area contributed by atoms with E-state index >= 15 is 0 Å². The molecule has 0 fully saturated rings. The van der Waals surface area contributed by atoms with Gasteiger partial charge in [0.25, 0.3) is 0 Å². The number of halogens is 18. The average Bonchev–Trinajstić information content (AvgIpc) is 3.34. The largest absolute Gasteiger partial charge is 0.416 e. The zero-order valence-electron chi connectivity index (χ0n) is 37.1. The fourth-order valence-electron chi connectivity index (χ4n) is 7.49. The van der Waals surface area contributed by atoms with Gasteiger partial charge in [0.2, 0.25) is 35.8 Å². The van der Waals surface area contributed by atoms with Gasteiger partial charge in [-0.3, -0.25) is 14.7 Å². The summed E-state index contributed by atoms with van der Waals surface area (Å²) >= 11 is 0. The molecular weight excluding hydrogens is 1060 g/mol. The molecule has 0 unspecified atom stereocenters. The number of hydrogen-bond donors (Lipinski definition) is 0. The van der Waals surface area contributed by atoms with Gasteiger partial charge in [0.05, 0.1) is 33.4 Å². The molecule has 0 N–H and O–H groups in total. The second-order valence-electron chi connectivity index (χ2n) is 16.1. The number of hydrogen-bond acceptors (Lipinski definition) is 10. The summed E-state index contributed by atoms with van der Waals surface area (Å²) < 4.78 is 249. The monoisotopic (exact) mass is 1080 g/mol. The lowest BCUT2D eigenvalue weighted by Crippen LogP contribution is -2.51. The van der Waals surface area contributed by atoms with Crippen molar-refractivity contribution in [1.82, 2.24) is 4.90 Å². The second kappa shape index (κ2) is 18.6. The van der Waals surface area contributed by atoms with Gasteiger partial charge in [0.15, 0.2) is 0 Å². The number of rotatable bonds is 6. The van der Waals surface area contributed by atoms with E-state index in [1.54, 1.807) is 0 Å². The van der Waals surface area contributed by atoms with Crippen LogP contribution in [0, 0.1) is 0 Å². The molecule has 28 heteroatoms. The van der Waals surface area contributed by atoms with Gasteiger partial charge in [-0.25, -0.2) is 4.90 Å². The summed E-state index contributed by atoms with van der Waals surface area (Å²) in [5.41, 5.74) is -8.58. The quantitative estimate of drug-likeness (QED) is 0.156. The molecule has 0 saturated carbocycles. The first-order valence-corrected chi connectivity index (χ1v) is 21.2. The van der Waals surface area contributed by atoms with Crippen molar-refractivity contribution < 1.29 is 79.0 Å². The van der Waals surface area contributed by atoms with Crippen LogP contribution in [-0.2, 0) is 37.1 Å². The fourth-order valence-corrected chi connectivity index (χ4v) is 7.49. The lowest BCUT2D eigenvalue weighted by molar-refractivity contribution is -0.138. The number of anilines is 6. The number of benzene rings is 6. The SMILES string of the molecule is FC(F)(F)c1ccc(N(C2=NC3=NC(N(c4ccc(C(F)(F)F)cc4)c4ccc(C(F)(F)F)cc4)=NC4=NC(N(c5ccc(C(F)(F)F)cc5)c5ccc(C(F)(F)F)cc5)=NC(=N2)N34)c2ccc(C(F)(F)F)cc2)cc1. The number of aliphatic imine (C=N–C) groups is 6. The molecule has 0 bridgehead atoms. The van der Waals surface area contributed by atoms with Crippen molar-refractivity contribution in [1.29, 1.82) is 0 Å². The third-order valence-electron chi connectivity index (χ3n) is 11.1. The lowest BCUT2D eigenvalue weighted by Gasteiger charge is -2.36. The Morgan fingerprint density at radius 2 is 0.368 bits per heavy atom. The predicted molar refractivity (Wildman–Crippen MR) is 242 cm³/mol. The van der Waals surface area contributed by atoms with Crippen molar-refractivity contribution >= 4 is 69.9 Å². The Balaban J connectivity index is 1.31. The van der Waals surface area contributed by atoms with Gasteiger partial charge in [-0.15, -0.1) is 0 Å². The highest BCUT2D eigenvalue weighted by atomic mass is 19.4. The molecule has 10 nitrogen and oxygen atoms in total. The van der Waals surface area contributed by atoms with Crippen LogP contribution >= 0.6 is 0 Å². The molecule has 0 atom stereocenters. The van der Waals surface area contributed by atoms with Crippen LogP contribution in [0.15, 0.2) is 176 Å². The molecule has 392 valence electrons. The molecule has 0 spiro atoms. The van der Waals surface area contributed by atoms with Crippen LogP contribution in [0.1, 0.15) is 33.4 Å². The lowest BCUT2D eigenvalue weighted by atomic mass is 10.1. The Morgan fingerprint density at radius 1 is 0.224 bits per heavy atom. The first-order chi connectivity index (χ1) is 35.4. The molecular formula is C48H24F18N10. The van der Waals surface area contributed by atoms with Crippen molar-refractivity contribution in [3.05, 3.63) is 179 Å². The molecule has 76 heavy (non-hydrogen) atoms. The summed E-state index contributed by atoms with van der Waals surface area (Å²) in [7, 11) is 0. The Kier molecular flexibility index (Phi) is 12.8. The van der Waals surface area contributed by atoms with E-state index in [1.807, 2.05) is 0 Å². The zero-order valence-corrected chi connectivity index (χ0v) is 37.1. The number of guanidine groups is 6. The summed E-state index contributed by atoms with van der Waals surface area (Å²) in [4.78, 5) is 30.4. The maximum absolute atomic E-state index is 13.8. The smallest absolute Gasteiger partial charge is 0.279 e. The third kappa shape index (κ3) is 10.6. The van der Waals surface area contributed by atoms with E-state index in [-0.39, 0.29) is 34.1 Å². The van der Waals surface area contributed by atoms with Crippen LogP contribution in [0.25, 0.3) is 0 Å². The number of nitrogens with zero attached hydrogens (tertiary/aromatic N) is 10. The molecule has 3 heterocycles.